The average Bonchev–Trinajstić information content (AvgIpc) is 2.59. The maximum absolute atomic E-state index is 12.1. The predicted octanol–water partition coefficient (Wildman–Crippen LogP) is 1.21. The van der Waals surface area contributed by atoms with Gasteiger partial charge in [-0.3, -0.25) is 4.79 Å². The van der Waals surface area contributed by atoms with E-state index < -0.39 is 46.0 Å². The van der Waals surface area contributed by atoms with Crippen LogP contribution in [0.5, 0.6) is 5.75 Å². The molecule has 0 aliphatic rings. The number of pyridine rings is 1. The zero-order valence-corrected chi connectivity index (χ0v) is 14.4. The summed E-state index contributed by atoms with van der Waals surface area (Å²) in [5, 5.41) is 18.9. The van der Waals surface area contributed by atoms with Gasteiger partial charge < -0.3 is 30.4 Å². The molecule has 0 atom stereocenters. The van der Waals surface area contributed by atoms with Crippen molar-refractivity contribution in [2.75, 3.05) is 19.5 Å². The van der Waals surface area contributed by atoms with E-state index in [2.05, 4.69) is 4.74 Å². The Morgan fingerprint density at radius 2 is 1.78 bits per heavy atom. The fraction of sp³-hybridized carbons (Fsp3) is 0.176. The molecule has 142 valence electrons. The van der Waals surface area contributed by atoms with Crippen molar-refractivity contribution < 1.29 is 34.1 Å². The standard InChI is InChI=1S/C17H16N2O8/c1-3-27-9-6-7(17(25)26-2)4-5-8(9)10-11(15(21)22)13(18)19-14(20)12(10)16(23)24/h4-6H,3H2,1-2H3,(H,21,22)(H,23,24)(H3,18,19,20). The summed E-state index contributed by atoms with van der Waals surface area (Å²) in [6.07, 6.45) is 0. The molecule has 0 fully saturated rings. The van der Waals surface area contributed by atoms with Gasteiger partial charge in [-0.1, -0.05) is 0 Å². The maximum Gasteiger partial charge on any atom is 0.342 e. The Hall–Kier alpha value is -3.82. The Bertz CT molecular complexity index is 993. The van der Waals surface area contributed by atoms with Crippen molar-refractivity contribution in [3.8, 4) is 16.9 Å². The van der Waals surface area contributed by atoms with Crippen molar-refractivity contribution >= 4 is 23.7 Å². The van der Waals surface area contributed by atoms with Crippen molar-refractivity contribution in [3.05, 3.63) is 45.2 Å². The fourth-order valence-electron chi connectivity index (χ4n) is 2.56. The van der Waals surface area contributed by atoms with Crippen molar-refractivity contribution in [2.24, 2.45) is 0 Å². The van der Waals surface area contributed by atoms with Crippen LogP contribution >= 0.6 is 0 Å². The molecule has 2 rings (SSSR count). The van der Waals surface area contributed by atoms with Crippen molar-refractivity contribution in [1.82, 2.24) is 4.98 Å². The number of hydrogen-bond acceptors (Lipinski definition) is 7. The molecule has 27 heavy (non-hydrogen) atoms. The summed E-state index contributed by atoms with van der Waals surface area (Å²) < 4.78 is 10.0. The third-order valence-corrected chi connectivity index (χ3v) is 3.64. The fourth-order valence-corrected chi connectivity index (χ4v) is 2.56. The minimum Gasteiger partial charge on any atom is -0.493 e. The number of aromatic nitrogens is 1. The van der Waals surface area contributed by atoms with Crippen LogP contribution in [-0.4, -0.2) is 46.8 Å². The molecule has 0 aliphatic carbocycles. The topological polar surface area (TPSA) is 169 Å². The largest absolute Gasteiger partial charge is 0.493 e. The number of nitrogens with one attached hydrogen (secondary N) is 1. The Labute approximate surface area is 152 Å². The summed E-state index contributed by atoms with van der Waals surface area (Å²) in [6, 6.07) is 3.82. The molecular formula is C17H16N2O8. The molecule has 0 spiro atoms. The third kappa shape index (κ3) is 3.59. The van der Waals surface area contributed by atoms with E-state index in [1.54, 1.807) is 6.92 Å². The first kappa shape index (κ1) is 19.5. The van der Waals surface area contributed by atoms with E-state index in [1.807, 2.05) is 4.98 Å². The van der Waals surface area contributed by atoms with Gasteiger partial charge in [0.25, 0.3) is 5.56 Å². The van der Waals surface area contributed by atoms with Gasteiger partial charge in [-0.2, -0.15) is 0 Å². The van der Waals surface area contributed by atoms with Gasteiger partial charge in [0, 0.05) is 11.1 Å². The van der Waals surface area contributed by atoms with E-state index in [0.717, 1.165) is 0 Å². The highest BCUT2D eigenvalue weighted by molar-refractivity contribution is 6.08. The molecule has 2 aromatic rings. The second-order valence-corrected chi connectivity index (χ2v) is 5.24. The molecule has 5 N–H and O–H groups in total. The number of anilines is 1. The van der Waals surface area contributed by atoms with Crippen molar-refractivity contribution in [3.63, 3.8) is 0 Å². The first-order valence-corrected chi connectivity index (χ1v) is 7.60. The molecule has 0 saturated carbocycles. The quantitative estimate of drug-likeness (QED) is 0.541. The summed E-state index contributed by atoms with van der Waals surface area (Å²) in [5.74, 6) is -4.37. The van der Waals surface area contributed by atoms with Crippen LogP contribution in [0.2, 0.25) is 0 Å². The number of rotatable bonds is 6. The average molecular weight is 376 g/mol. The first-order chi connectivity index (χ1) is 12.7. The van der Waals surface area contributed by atoms with Gasteiger partial charge in [0.15, 0.2) is 0 Å². The molecule has 1 aromatic carbocycles. The highest BCUT2D eigenvalue weighted by atomic mass is 16.5. The Balaban J connectivity index is 2.95. The van der Waals surface area contributed by atoms with E-state index in [4.69, 9.17) is 10.5 Å². The number of carbonyl (C=O) groups excluding carboxylic acids is 1. The number of methoxy groups -OCH3 is 1. The molecule has 0 saturated heterocycles. The van der Waals surface area contributed by atoms with Gasteiger partial charge in [-0.25, -0.2) is 14.4 Å². The predicted molar refractivity (Wildman–Crippen MR) is 93.3 cm³/mol. The maximum atomic E-state index is 12.1. The monoisotopic (exact) mass is 376 g/mol. The summed E-state index contributed by atoms with van der Waals surface area (Å²) in [4.78, 5) is 49.2. The smallest absolute Gasteiger partial charge is 0.342 e. The van der Waals surface area contributed by atoms with Crippen LogP contribution in [0.1, 0.15) is 38.0 Å². The van der Waals surface area contributed by atoms with Gasteiger partial charge in [0.2, 0.25) is 0 Å². The van der Waals surface area contributed by atoms with E-state index in [0.29, 0.717) is 0 Å². The lowest BCUT2D eigenvalue weighted by molar-refractivity contribution is 0.0598. The number of aromatic carboxylic acids is 2. The second kappa shape index (κ2) is 7.60. The minimum absolute atomic E-state index is 0.00426. The Kier molecular flexibility index (Phi) is 5.49. The number of nitrogens with two attached hydrogens (primary N) is 1. The molecule has 1 heterocycles. The van der Waals surface area contributed by atoms with Crippen molar-refractivity contribution in [2.45, 2.75) is 6.92 Å². The molecule has 0 amide bonds. The van der Waals surface area contributed by atoms with E-state index in [-0.39, 0.29) is 23.5 Å². The summed E-state index contributed by atoms with van der Waals surface area (Å²) in [7, 11) is 1.18. The number of carboxylic acid groups (broad SMARTS) is 2. The van der Waals surface area contributed by atoms with E-state index in [9.17, 15) is 29.4 Å². The van der Waals surface area contributed by atoms with Crippen LogP contribution in [0.4, 0.5) is 5.82 Å². The van der Waals surface area contributed by atoms with E-state index >= 15 is 0 Å². The molecule has 10 nitrogen and oxygen atoms in total. The van der Waals surface area contributed by atoms with Gasteiger partial charge >= 0.3 is 17.9 Å². The van der Waals surface area contributed by atoms with Crippen LogP contribution in [0, 0.1) is 0 Å². The summed E-state index contributed by atoms with van der Waals surface area (Å²) in [6.45, 7) is 1.76. The first-order valence-electron chi connectivity index (χ1n) is 7.60. The van der Waals surface area contributed by atoms with Crippen LogP contribution in [0.3, 0.4) is 0 Å². The number of carboxylic acids is 2. The van der Waals surface area contributed by atoms with E-state index in [1.165, 1.54) is 25.3 Å². The normalized spacial score (nSPS) is 10.3. The number of aromatic amines is 1. The molecule has 0 bridgehead atoms. The Morgan fingerprint density at radius 3 is 2.30 bits per heavy atom. The molecule has 0 radical (unpaired) electrons. The van der Waals surface area contributed by atoms with Gasteiger partial charge in [0.05, 0.1) is 19.3 Å². The number of nitrogen functional groups attached to an aromatic ring is 1. The zero-order valence-electron chi connectivity index (χ0n) is 14.4. The lowest BCUT2D eigenvalue weighted by Gasteiger charge is -2.16. The molecule has 0 unspecified atom stereocenters. The molecule has 0 aliphatic heterocycles. The van der Waals surface area contributed by atoms with Gasteiger partial charge in [-0.15, -0.1) is 0 Å². The van der Waals surface area contributed by atoms with Crippen LogP contribution in [0.15, 0.2) is 23.0 Å². The second-order valence-electron chi connectivity index (χ2n) is 5.24. The van der Waals surface area contributed by atoms with Crippen LogP contribution < -0.4 is 16.0 Å². The highest BCUT2D eigenvalue weighted by Crippen LogP contribution is 2.36. The summed E-state index contributed by atoms with van der Waals surface area (Å²) in [5.41, 5.74) is 2.79. The highest BCUT2D eigenvalue weighted by Gasteiger charge is 2.28. The molecular weight excluding hydrogens is 360 g/mol. The van der Waals surface area contributed by atoms with Crippen LogP contribution in [0.25, 0.3) is 11.1 Å². The molecule has 1 aromatic heterocycles. The lowest BCUT2D eigenvalue weighted by Crippen LogP contribution is -2.24. The lowest BCUT2D eigenvalue weighted by atomic mass is 9.94. The van der Waals surface area contributed by atoms with Crippen LogP contribution in [-0.2, 0) is 4.74 Å². The third-order valence-electron chi connectivity index (χ3n) is 3.64. The Morgan fingerprint density at radius 1 is 1.15 bits per heavy atom. The minimum atomic E-state index is -1.65. The number of esters is 1. The number of H-pyrrole nitrogens is 1. The summed E-state index contributed by atoms with van der Waals surface area (Å²) >= 11 is 0. The molecule has 10 heteroatoms. The zero-order chi connectivity index (χ0) is 20.3. The SMILES string of the molecule is CCOc1cc(C(=O)OC)ccc1-c1c(C(=O)O)c(N)[nH]c(=O)c1C(=O)O. The number of benzene rings is 1. The van der Waals surface area contributed by atoms with Gasteiger partial charge in [-0.05, 0) is 25.1 Å². The number of carbonyl (C=O) groups is 3. The number of hydrogen-bond donors (Lipinski definition) is 4. The van der Waals surface area contributed by atoms with Gasteiger partial charge in [0.1, 0.15) is 22.7 Å². The number of ether oxygens (including phenoxy) is 2. The van der Waals surface area contributed by atoms with Crippen molar-refractivity contribution in [1.29, 1.82) is 0 Å².